The fourth-order valence-electron chi connectivity index (χ4n) is 2.22. The Hall–Kier alpha value is -2.31. The number of aryl methyl sites for hydroxylation is 1. The number of pyridine rings is 1. The molecule has 0 aliphatic carbocycles. The molecule has 2 rings (SSSR count). The highest BCUT2D eigenvalue weighted by Crippen LogP contribution is 2.29. The summed E-state index contributed by atoms with van der Waals surface area (Å²) in [5.74, 6) is -0.0962. The van der Waals surface area contributed by atoms with Crippen LogP contribution < -0.4 is 15.4 Å². The summed E-state index contributed by atoms with van der Waals surface area (Å²) in [6.45, 7) is 3.16. The molecule has 0 radical (unpaired) electrons. The van der Waals surface area contributed by atoms with Crippen molar-refractivity contribution < 1.29 is 14.3 Å². The second-order valence-electron chi connectivity index (χ2n) is 5.34. The molecule has 0 spiro atoms. The SMILES string of the molecule is COc1ccc(NC(C)=O)cc1NC(=O)Cc1c(Cl)cc(C)nc1Cl. The van der Waals surface area contributed by atoms with E-state index in [9.17, 15) is 9.59 Å². The normalized spacial score (nSPS) is 10.3. The third-order valence-electron chi connectivity index (χ3n) is 3.28. The number of benzene rings is 1. The molecular formula is C17H17Cl2N3O3. The fourth-order valence-corrected chi connectivity index (χ4v) is 2.89. The second-order valence-corrected chi connectivity index (χ2v) is 6.10. The molecular weight excluding hydrogens is 365 g/mol. The van der Waals surface area contributed by atoms with Crippen LogP contribution in [0.15, 0.2) is 24.3 Å². The van der Waals surface area contributed by atoms with E-state index in [1.165, 1.54) is 14.0 Å². The van der Waals surface area contributed by atoms with Crippen LogP contribution in [0.3, 0.4) is 0 Å². The van der Waals surface area contributed by atoms with Crippen molar-refractivity contribution >= 4 is 46.4 Å². The Labute approximate surface area is 155 Å². The van der Waals surface area contributed by atoms with Crippen molar-refractivity contribution in [1.29, 1.82) is 0 Å². The Balaban J connectivity index is 2.21. The zero-order valence-corrected chi connectivity index (χ0v) is 15.5. The average Bonchev–Trinajstić information content (AvgIpc) is 2.50. The van der Waals surface area contributed by atoms with E-state index in [2.05, 4.69) is 15.6 Å². The minimum absolute atomic E-state index is 0.0432. The largest absolute Gasteiger partial charge is 0.495 e. The second kappa shape index (κ2) is 8.18. The van der Waals surface area contributed by atoms with Gasteiger partial charge in [0.05, 0.1) is 19.2 Å². The maximum atomic E-state index is 12.4. The minimum Gasteiger partial charge on any atom is -0.495 e. The quantitative estimate of drug-likeness (QED) is 0.770. The molecule has 1 aromatic carbocycles. The van der Waals surface area contributed by atoms with Crippen LogP contribution in [0.25, 0.3) is 0 Å². The number of hydrogen-bond donors (Lipinski definition) is 2. The summed E-state index contributed by atoms with van der Waals surface area (Å²) < 4.78 is 5.23. The Morgan fingerprint density at radius 1 is 1.20 bits per heavy atom. The number of nitrogens with one attached hydrogen (secondary N) is 2. The number of amides is 2. The van der Waals surface area contributed by atoms with Crippen LogP contribution in [0.5, 0.6) is 5.75 Å². The molecule has 0 unspecified atom stereocenters. The number of ether oxygens (including phenoxy) is 1. The highest BCUT2D eigenvalue weighted by atomic mass is 35.5. The lowest BCUT2D eigenvalue weighted by Gasteiger charge is -2.13. The molecule has 2 amide bonds. The van der Waals surface area contributed by atoms with Crippen LogP contribution in [0, 0.1) is 6.92 Å². The van der Waals surface area contributed by atoms with Crippen molar-refractivity contribution in [2.45, 2.75) is 20.3 Å². The van der Waals surface area contributed by atoms with E-state index < -0.39 is 0 Å². The van der Waals surface area contributed by atoms with E-state index in [-0.39, 0.29) is 23.4 Å². The van der Waals surface area contributed by atoms with Crippen LogP contribution in [-0.2, 0) is 16.0 Å². The molecule has 0 saturated heterocycles. The fraction of sp³-hybridized carbons (Fsp3) is 0.235. The molecule has 0 aliphatic rings. The summed E-state index contributed by atoms with van der Waals surface area (Å²) >= 11 is 12.2. The van der Waals surface area contributed by atoms with Crippen LogP contribution in [0.2, 0.25) is 10.2 Å². The predicted octanol–water partition coefficient (Wildman–Crippen LogP) is 3.85. The number of carbonyl (C=O) groups excluding carboxylic acids is 2. The minimum atomic E-state index is -0.340. The van der Waals surface area contributed by atoms with Gasteiger partial charge in [-0.25, -0.2) is 4.98 Å². The molecule has 1 heterocycles. The lowest BCUT2D eigenvalue weighted by atomic mass is 10.1. The first-order valence-corrected chi connectivity index (χ1v) is 8.12. The highest BCUT2D eigenvalue weighted by molar-refractivity contribution is 6.35. The average molecular weight is 382 g/mol. The van der Waals surface area contributed by atoms with E-state index in [1.54, 1.807) is 31.2 Å². The molecule has 6 nitrogen and oxygen atoms in total. The molecule has 2 N–H and O–H groups in total. The van der Waals surface area contributed by atoms with Crippen LogP contribution in [-0.4, -0.2) is 23.9 Å². The molecule has 132 valence electrons. The summed E-state index contributed by atoms with van der Waals surface area (Å²) in [7, 11) is 1.49. The predicted molar refractivity (Wildman–Crippen MR) is 98.6 cm³/mol. The van der Waals surface area contributed by atoms with Crippen molar-refractivity contribution in [2.75, 3.05) is 17.7 Å². The van der Waals surface area contributed by atoms with Gasteiger partial charge in [0.1, 0.15) is 10.9 Å². The van der Waals surface area contributed by atoms with Gasteiger partial charge < -0.3 is 15.4 Å². The molecule has 25 heavy (non-hydrogen) atoms. The van der Waals surface area contributed by atoms with Gasteiger partial charge in [0.2, 0.25) is 11.8 Å². The first-order chi connectivity index (χ1) is 11.8. The third-order valence-corrected chi connectivity index (χ3v) is 3.93. The van der Waals surface area contributed by atoms with Crippen LogP contribution in [0.4, 0.5) is 11.4 Å². The van der Waals surface area contributed by atoms with Crippen molar-refractivity contribution in [3.63, 3.8) is 0 Å². The maximum Gasteiger partial charge on any atom is 0.229 e. The summed E-state index contributed by atoms with van der Waals surface area (Å²) in [4.78, 5) is 27.7. The molecule has 0 fully saturated rings. The van der Waals surface area contributed by atoms with Gasteiger partial charge in [-0.15, -0.1) is 0 Å². The topological polar surface area (TPSA) is 80.3 Å². The molecule has 0 bridgehead atoms. The monoisotopic (exact) mass is 381 g/mol. The van der Waals surface area contributed by atoms with Crippen LogP contribution in [0.1, 0.15) is 18.2 Å². The number of aromatic nitrogens is 1. The number of anilines is 2. The molecule has 8 heteroatoms. The number of hydrogen-bond acceptors (Lipinski definition) is 4. The zero-order valence-electron chi connectivity index (χ0n) is 13.9. The van der Waals surface area contributed by atoms with Gasteiger partial charge in [-0.05, 0) is 31.2 Å². The van der Waals surface area contributed by atoms with E-state index in [0.29, 0.717) is 33.4 Å². The number of rotatable bonds is 5. The highest BCUT2D eigenvalue weighted by Gasteiger charge is 2.15. The van der Waals surface area contributed by atoms with Crippen LogP contribution >= 0.6 is 23.2 Å². The molecule has 1 aromatic heterocycles. The van der Waals surface area contributed by atoms with E-state index in [0.717, 1.165) is 0 Å². The van der Waals surface area contributed by atoms with E-state index in [4.69, 9.17) is 27.9 Å². The summed E-state index contributed by atoms with van der Waals surface area (Å²) in [5.41, 5.74) is 2.08. The lowest BCUT2D eigenvalue weighted by Crippen LogP contribution is -2.16. The number of halogens is 2. The Morgan fingerprint density at radius 3 is 2.52 bits per heavy atom. The first kappa shape index (κ1) is 19.0. The van der Waals surface area contributed by atoms with Gasteiger partial charge >= 0.3 is 0 Å². The van der Waals surface area contributed by atoms with Crippen molar-refractivity contribution in [3.05, 3.63) is 45.7 Å². The summed E-state index contributed by atoms with van der Waals surface area (Å²) in [5, 5.41) is 5.95. The van der Waals surface area contributed by atoms with Gasteiger partial charge in [-0.3, -0.25) is 9.59 Å². The van der Waals surface area contributed by atoms with Crippen molar-refractivity contribution in [1.82, 2.24) is 4.98 Å². The van der Waals surface area contributed by atoms with Gasteiger partial charge in [0.25, 0.3) is 0 Å². The molecule has 0 atom stereocenters. The van der Waals surface area contributed by atoms with Gasteiger partial charge in [0.15, 0.2) is 0 Å². The van der Waals surface area contributed by atoms with Crippen molar-refractivity contribution in [2.24, 2.45) is 0 Å². The van der Waals surface area contributed by atoms with E-state index in [1.807, 2.05) is 0 Å². The lowest BCUT2D eigenvalue weighted by molar-refractivity contribution is -0.116. The Bertz CT molecular complexity index is 802. The molecule has 0 aliphatic heterocycles. The smallest absolute Gasteiger partial charge is 0.229 e. The number of nitrogens with zero attached hydrogens (tertiary/aromatic N) is 1. The number of methoxy groups -OCH3 is 1. The number of carbonyl (C=O) groups is 2. The molecule has 2 aromatic rings. The Kier molecular flexibility index (Phi) is 6.22. The first-order valence-electron chi connectivity index (χ1n) is 7.37. The summed E-state index contributed by atoms with van der Waals surface area (Å²) in [6, 6.07) is 6.57. The van der Waals surface area contributed by atoms with Crippen molar-refractivity contribution in [3.8, 4) is 5.75 Å². The maximum absolute atomic E-state index is 12.4. The third kappa shape index (κ3) is 5.08. The Morgan fingerprint density at radius 2 is 1.92 bits per heavy atom. The van der Waals surface area contributed by atoms with Gasteiger partial charge in [-0.1, -0.05) is 23.2 Å². The zero-order chi connectivity index (χ0) is 18.6. The van der Waals surface area contributed by atoms with E-state index >= 15 is 0 Å². The molecule has 0 saturated carbocycles. The van der Waals surface area contributed by atoms with Gasteiger partial charge in [-0.2, -0.15) is 0 Å². The standard InChI is InChI=1S/C17H17Cl2N3O3/c1-9-6-13(18)12(17(19)20-9)8-16(24)22-14-7-11(21-10(2)23)4-5-15(14)25-3/h4-7H,8H2,1-3H3,(H,21,23)(H,22,24). The van der Waals surface area contributed by atoms with Gasteiger partial charge in [0, 0.05) is 28.9 Å². The summed E-state index contributed by atoms with van der Waals surface area (Å²) in [6.07, 6.45) is -0.0432.